The summed E-state index contributed by atoms with van der Waals surface area (Å²) in [6.45, 7) is 7.62. The number of hydrogen-bond acceptors (Lipinski definition) is 6. The number of benzene rings is 4. The van der Waals surface area contributed by atoms with Crippen LogP contribution in [0.3, 0.4) is 0 Å². The van der Waals surface area contributed by atoms with Crippen molar-refractivity contribution in [1.82, 2.24) is 24.3 Å². The molecule has 4 aromatic carbocycles. The molecule has 11 heteroatoms. The molecule has 6 aromatic rings. The lowest BCUT2D eigenvalue weighted by atomic mass is 9.88. The number of likely N-dealkylation sites (tertiary alicyclic amines) is 1. The van der Waals surface area contributed by atoms with E-state index in [0.29, 0.717) is 48.0 Å². The van der Waals surface area contributed by atoms with E-state index in [-0.39, 0.29) is 34.6 Å². The summed E-state index contributed by atoms with van der Waals surface area (Å²) in [5.74, 6) is -1.14. The molecule has 312 valence electrons. The highest BCUT2D eigenvalue weighted by atomic mass is 35.5. The van der Waals surface area contributed by atoms with Gasteiger partial charge in [-0.15, -0.1) is 0 Å². The Balaban J connectivity index is 1.16. The van der Waals surface area contributed by atoms with E-state index in [1.807, 2.05) is 49.4 Å². The third-order valence-corrected chi connectivity index (χ3v) is 11.8. The van der Waals surface area contributed by atoms with Gasteiger partial charge in [0.05, 0.1) is 16.4 Å². The van der Waals surface area contributed by atoms with Crippen LogP contribution in [0.2, 0.25) is 5.02 Å². The second-order valence-corrected chi connectivity index (χ2v) is 16.3. The molecule has 2 aromatic heterocycles. The van der Waals surface area contributed by atoms with Gasteiger partial charge in [-0.05, 0) is 124 Å². The number of halogens is 2. The van der Waals surface area contributed by atoms with Crippen LogP contribution >= 0.6 is 11.6 Å². The highest BCUT2D eigenvalue weighted by Gasteiger charge is 2.30. The van der Waals surface area contributed by atoms with E-state index in [1.165, 1.54) is 34.0 Å². The third-order valence-electron chi connectivity index (χ3n) is 11.5. The largest absolute Gasteiger partial charge is 0.445 e. The number of piperidine rings is 1. The van der Waals surface area contributed by atoms with Crippen LogP contribution in [0.15, 0.2) is 114 Å². The average molecular weight is 830 g/mol. The molecule has 0 radical (unpaired) electrons. The molecule has 1 aliphatic rings. The van der Waals surface area contributed by atoms with E-state index >= 15 is 4.39 Å². The first-order chi connectivity index (χ1) is 29.1. The lowest BCUT2D eigenvalue weighted by Gasteiger charge is -2.42. The van der Waals surface area contributed by atoms with Crippen LogP contribution in [-0.4, -0.2) is 49.6 Å². The van der Waals surface area contributed by atoms with E-state index in [1.54, 1.807) is 54.7 Å². The van der Waals surface area contributed by atoms with Crippen molar-refractivity contribution in [3.05, 3.63) is 153 Å². The summed E-state index contributed by atoms with van der Waals surface area (Å²) in [7, 11) is 0. The predicted octanol–water partition coefficient (Wildman–Crippen LogP) is 11.1. The normalized spacial score (nSPS) is 16.1. The molecule has 3 atom stereocenters. The van der Waals surface area contributed by atoms with Gasteiger partial charge in [0.25, 0.3) is 5.91 Å². The van der Waals surface area contributed by atoms with Gasteiger partial charge in [0.1, 0.15) is 6.61 Å². The van der Waals surface area contributed by atoms with Gasteiger partial charge in [-0.2, -0.15) is 4.98 Å². The topological polar surface area (TPSA) is 98.5 Å². The first-order valence-electron chi connectivity index (χ1n) is 21.2. The van der Waals surface area contributed by atoms with Gasteiger partial charge in [-0.25, -0.2) is 14.0 Å². The van der Waals surface area contributed by atoms with E-state index in [9.17, 15) is 14.4 Å². The van der Waals surface area contributed by atoms with Crippen LogP contribution in [0.5, 0.6) is 0 Å². The Labute approximate surface area is 356 Å². The molecule has 0 spiro atoms. The summed E-state index contributed by atoms with van der Waals surface area (Å²) < 4.78 is 24.3. The number of rotatable bonds is 15. The number of aromatic nitrogens is 3. The number of hydrogen-bond donors (Lipinski definition) is 1. The summed E-state index contributed by atoms with van der Waals surface area (Å²) in [6.07, 6.45) is 9.95. The smallest absolute Gasteiger partial charge is 0.407 e. The molecule has 1 amide bonds. The van der Waals surface area contributed by atoms with Crippen molar-refractivity contribution in [2.45, 2.75) is 103 Å². The number of nitrogens with zero attached hydrogens (tertiary/aromatic N) is 4. The second-order valence-electron chi connectivity index (χ2n) is 15.9. The second kappa shape index (κ2) is 19.7. The monoisotopic (exact) mass is 829 g/mol. The maximum atomic E-state index is 16.2. The number of nitrogens with one attached hydrogen (secondary N) is 1. The summed E-state index contributed by atoms with van der Waals surface area (Å²) >= 11 is 6.55. The number of carbonyl (C=O) groups is 2. The van der Waals surface area contributed by atoms with Crippen LogP contribution in [0, 0.1) is 5.82 Å². The zero-order valence-corrected chi connectivity index (χ0v) is 35.3. The molecule has 1 N–H and O–H groups in total. The first kappa shape index (κ1) is 42.5. The SMILES string of the molecule is CCCC1CCC[C@@H](c2ccc(-n3cc4cc(-c5cc(CCC[C@H](C)NC(=O)OCc6ccccc6)cc(Cl)c5F)n(C(=O)c5ccccc5)c4nc3=O)cc2)N1CCC. The zero-order valence-electron chi connectivity index (χ0n) is 34.6. The molecule has 0 bridgehead atoms. The molecule has 1 aliphatic heterocycles. The Bertz CT molecular complexity index is 2470. The first-order valence-corrected chi connectivity index (χ1v) is 21.6. The lowest BCUT2D eigenvalue weighted by molar-refractivity contribution is 0.0765. The quantitative estimate of drug-likeness (QED) is 0.111. The molecule has 0 saturated carbocycles. The van der Waals surface area contributed by atoms with Crippen LogP contribution in [0.4, 0.5) is 9.18 Å². The van der Waals surface area contributed by atoms with Crippen molar-refractivity contribution in [2.24, 2.45) is 0 Å². The summed E-state index contributed by atoms with van der Waals surface area (Å²) in [5.41, 5.74) is 3.79. The van der Waals surface area contributed by atoms with Crippen LogP contribution < -0.4 is 11.0 Å². The molecule has 1 saturated heterocycles. The fourth-order valence-corrected chi connectivity index (χ4v) is 8.82. The van der Waals surface area contributed by atoms with Crippen molar-refractivity contribution in [1.29, 1.82) is 0 Å². The predicted molar refractivity (Wildman–Crippen MR) is 236 cm³/mol. The molecule has 1 unspecified atom stereocenters. The molecule has 60 heavy (non-hydrogen) atoms. The average Bonchev–Trinajstić information content (AvgIpc) is 3.62. The maximum absolute atomic E-state index is 16.2. The third kappa shape index (κ3) is 9.72. The van der Waals surface area contributed by atoms with Crippen LogP contribution in [-0.2, 0) is 17.8 Å². The Morgan fingerprint density at radius 1 is 0.933 bits per heavy atom. The molecule has 9 nitrogen and oxygen atoms in total. The summed E-state index contributed by atoms with van der Waals surface area (Å²) in [5, 5.41) is 3.27. The summed E-state index contributed by atoms with van der Waals surface area (Å²) in [6, 6.07) is 32.0. The highest BCUT2D eigenvalue weighted by Crippen LogP contribution is 2.37. The van der Waals surface area contributed by atoms with Crippen molar-refractivity contribution in [3.63, 3.8) is 0 Å². The van der Waals surface area contributed by atoms with Gasteiger partial charge < -0.3 is 10.1 Å². The Kier molecular flexibility index (Phi) is 13.9. The van der Waals surface area contributed by atoms with Crippen molar-refractivity contribution in [3.8, 4) is 16.9 Å². The molecular weight excluding hydrogens is 777 g/mol. The maximum Gasteiger partial charge on any atom is 0.407 e. The minimum absolute atomic E-state index is 0.0914. The van der Waals surface area contributed by atoms with Gasteiger partial charge in [-0.1, -0.05) is 92.5 Å². The molecule has 7 rings (SSSR count). The number of aryl methyl sites for hydroxylation is 1. The van der Waals surface area contributed by atoms with Gasteiger partial charge >= 0.3 is 11.8 Å². The number of amides is 1. The number of ether oxygens (including phenoxy) is 1. The number of alkyl carbamates (subject to hydrolysis) is 1. The van der Waals surface area contributed by atoms with E-state index in [2.05, 4.69) is 41.2 Å². The van der Waals surface area contributed by atoms with Crippen LogP contribution in [0.25, 0.3) is 28.0 Å². The minimum Gasteiger partial charge on any atom is -0.445 e. The van der Waals surface area contributed by atoms with Crippen molar-refractivity contribution in [2.75, 3.05) is 6.54 Å². The highest BCUT2D eigenvalue weighted by molar-refractivity contribution is 6.31. The van der Waals surface area contributed by atoms with Gasteiger partial charge in [0.2, 0.25) is 0 Å². The van der Waals surface area contributed by atoms with Gasteiger partial charge in [-0.3, -0.25) is 18.8 Å². The van der Waals surface area contributed by atoms with Crippen molar-refractivity contribution < 1.29 is 18.7 Å². The molecule has 1 fully saturated rings. The fourth-order valence-electron chi connectivity index (χ4n) is 8.58. The molecular formula is C49H53ClFN5O4. The standard InChI is InChI=1S/C49H53ClFN5O4/c1-4-14-39-21-13-22-43(54(39)27-5-2)36-23-25-40(26-24-36)55-31-38-30-44(56(46(38)53-48(55)58)47(57)37-19-10-7-11-20-37)41-28-35(29-42(50)45(41)51)18-12-15-33(3)52-49(59)60-32-34-16-8-6-9-17-34/h6-11,16-17,19-20,23-26,28-31,33,39,43H,4-5,12-15,18,21-22,27,32H2,1-3H3,(H,52,59)/t33-,39?,43-/m0/s1. The Hall–Kier alpha value is -5.58. The lowest BCUT2D eigenvalue weighted by Crippen LogP contribution is -2.42. The Morgan fingerprint density at radius 2 is 1.67 bits per heavy atom. The van der Waals surface area contributed by atoms with Gasteiger partial charge in [0.15, 0.2) is 11.5 Å². The van der Waals surface area contributed by atoms with E-state index < -0.39 is 23.5 Å². The minimum atomic E-state index is -0.687. The van der Waals surface area contributed by atoms with Crippen LogP contribution in [0.1, 0.15) is 105 Å². The molecule has 0 aliphatic carbocycles. The fraction of sp³-hybridized carbons (Fsp3) is 0.347. The summed E-state index contributed by atoms with van der Waals surface area (Å²) in [4.78, 5) is 47.6. The van der Waals surface area contributed by atoms with Crippen molar-refractivity contribution >= 4 is 34.6 Å². The number of carbonyl (C=O) groups excluding carboxylic acids is 2. The Morgan fingerprint density at radius 3 is 2.38 bits per heavy atom. The molecule has 3 heterocycles. The van der Waals surface area contributed by atoms with E-state index in [0.717, 1.165) is 36.9 Å². The number of fused-ring (bicyclic) bond motifs is 1. The van der Waals surface area contributed by atoms with Gasteiger partial charge in [0, 0.05) is 40.8 Å². The zero-order chi connectivity index (χ0) is 42.2. The van der Waals surface area contributed by atoms with E-state index in [4.69, 9.17) is 16.3 Å².